The van der Waals surface area contributed by atoms with Crippen molar-refractivity contribution in [3.63, 3.8) is 0 Å². The highest BCUT2D eigenvalue weighted by Crippen LogP contribution is 2.09. The zero-order valence-corrected chi connectivity index (χ0v) is 13.8. The molecule has 0 aromatic heterocycles. The van der Waals surface area contributed by atoms with Crippen molar-refractivity contribution in [3.05, 3.63) is 65.7 Å². The van der Waals surface area contributed by atoms with Crippen molar-refractivity contribution in [3.8, 4) is 0 Å². The molecule has 8 heteroatoms. The van der Waals surface area contributed by atoms with E-state index in [4.69, 9.17) is 4.74 Å². The number of halogens is 2. The standard InChI is InChI=1S/C18H16F2N2O4/c1-11(17(24)22-15-7-5-13(19)6-8-15)26-16(23)10-21-18(25)12-3-2-4-14(20)9-12/h2-9,11H,10H2,1H3,(H,21,25)(H,22,24)/t11-/m1/s1. The topological polar surface area (TPSA) is 84.5 Å². The van der Waals surface area contributed by atoms with E-state index in [1.54, 1.807) is 0 Å². The second kappa shape index (κ2) is 8.70. The maximum atomic E-state index is 13.1. The minimum absolute atomic E-state index is 0.0555. The normalized spacial score (nSPS) is 11.3. The molecule has 0 aliphatic carbocycles. The van der Waals surface area contributed by atoms with Gasteiger partial charge >= 0.3 is 5.97 Å². The van der Waals surface area contributed by atoms with Gasteiger partial charge in [-0.3, -0.25) is 14.4 Å². The van der Waals surface area contributed by atoms with Gasteiger partial charge in [0.2, 0.25) is 0 Å². The first-order chi connectivity index (χ1) is 12.3. The summed E-state index contributed by atoms with van der Waals surface area (Å²) in [5, 5.41) is 4.73. The van der Waals surface area contributed by atoms with Crippen molar-refractivity contribution in [1.82, 2.24) is 5.32 Å². The fourth-order valence-electron chi connectivity index (χ4n) is 1.95. The molecule has 0 spiro atoms. The zero-order chi connectivity index (χ0) is 19.1. The van der Waals surface area contributed by atoms with E-state index in [0.29, 0.717) is 5.69 Å². The summed E-state index contributed by atoms with van der Waals surface area (Å²) in [6.07, 6.45) is -1.13. The van der Waals surface area contributed by atoms with Crippen LogP contribution in [0.1, 0.15) is 17.3 Å². The molecule has 2 amide bonds. The molecule has 1 atom stereocenters. The summed E-state index contributed by atoms with van der Waals surface area (Å²) in [5.74, 6) is -3.12. The maximum absolute atomic E-state index is 13.1. The molecule has 0 aliphatic rings. The number of ether oxygens (including phenoxy) is 1. The average Bonchev–Trinajstić information content (AvgIpc) is 2.61. The van der Waals surface area contributed by atoms with Crippen molar-refractivity contribution >= 4 is 23.5 Å². The van der Waals surface area contributed by atoms with E-state index in [0.717, 1.165) is 6.07 Å². The number of anilines is 1. The van der Waals surface area contributed by atoms with E-state index in [9.17, 15) is 23.2 Å². The molecule has 2 rings (SSSR count). The first kappa shape index (κ1) is 19.0. The first-order valence-corrected chi connectivity index (χ1v) is 7.65. The van der Waals surface area contributed by atoms with Gasteiger partial charge in [-0.15, -0.1) is 0 Å². The van der Waals surface area contributed by atoms with Gasteiger partial charge in [0.1, 0.15) is 18.2 Å². The van der Waals surface area contributed by atoms with Crippen LogP contribution >= 0.6 is 0 Å². The Balaban J connectivity index is 1.80. The highest BCUT2D eigenvalue weighted by molar-refractivity contribution is 5.97. The Bertz CT molecular complexity index is 809. The molecule has 0 unspecified atom stereocenters. The Hall–Kier alpha value is -3.29. The fourth-order valence-corrected chi connectivity index (χ4v) is 1.95. The van der Waals surface area contributed by atoms with E-state index < -0.39 is 42.1 Å². The number of rotatable bonds is 6. The van der Waals surface area contributed by atoms with E-state index in [1.165, 1.54) is 49.4 Å². The van der Waals surface area contributed by atoms with Crippen LogP contribution in [-0.4, -0.2) is 30.4 Å². The maximum Gasteiger partial charge on any atom is 0.326 e. The molecular weight excluding hydrogens is 346 g/mol. The van der Waals surface area contributed by atoms with Crippen LogP contribution < -0.4 is 10.6 Å². The van der Waals surface area contributed by atoms with Gasteiger partial charge in [-0.1, -0.05) is 6.07 Å². The molecule has 2 aromatic rings. The third-order valence-electron chi connectivity index (χ3n) is 3.27. The lowest BCUT2D eigenvalue weighted by Crippen LogP contribution is -2.35. The van der Waals surface area contributed by atoms with E-state index in [-0.39, 0.29) is 5.56 Å². The van der Waals surface area contributed by atoms with E-state index in [2.05, 4.69) is 10.6 Å². The third-order valence-corrected chi connectivity index (χ3v) is 3.27. The van der Waals surface area contributed by atoms with Crippen molar-refractivity contribution in [2.75, 3.05) is 11.9 Å². The summed E-state index contributed by atoms with van der Waals surface area (Å²) in [6, 6.07) is 10.0. The Morgan fingerprint density at radius 1 is 1.04 bits per heavy atom. The molecule has 0 saturated heterocycles. The third kappa shape index (κ3) is 5.66. The van der Waals surface area contributed by atoms with Gasteiger partial charge < -0.3 is 15.4 Å². The predicted molar refractivity (Wildman–Crippen MR) is 89.3 cm³/mol. The summed E-state index contributed by atoms with van der Waals surface area (Å²) < 4.78 is 30.8. The minimum atomic E-state index is -1.13. The number of nitrogens with one attached hydrogen (secondary N) is 2. The Labute approximate surface area is 148 Å². The lowest BCUT2D eigenvalue weighted by atomic mass is 10.2. The van der Waals surface area contributed by atoms with E-state index >= 15 is 0 Å². The molecule has 0 radical (unpaired) electrons. The average molecular weight is 362 g/mol. The van der Waals surface area contributed by atoms with Crippen LogP contribution in [0.15, 0.2) is 48.5 Å². The number of esters is 1. The zero-order valence-electron chi connectivity index (χ0n) is 13.8. The summed E-state index contributed by atoms with van der Waals surface area (Å²) in [4.78, 5) is 35.4. The predicted octanol–water partition coefficient (Wildman–Crippen LogP) is 2.26. The van der Waals surface area contributed by atoms with Gasteiger partial charge in [0.15, 0.2) is 6.10 Å². The monoisotopic (exact) mass is 362 g/mol. The second-order valence-corrected chi connectivity index (χ2v) is 5.32. The van der Waals surface area contributed by atoms with Crippen LogP contribution in [0.3, 0.4) is 0 Å². The summed E-state index contributed by atoms with van der Waals surface area (Å²) >= 11 is 0. The smallest absolute Gasteiger partial charge is 0.326 e. The van der Waals surface area contributed by atoms with Crippen molar-refractivity contribution < 1.29 is 27.9 Å². The van der Waals surface area contributed by atoms with Crippen LogP contribution in [0.25, 0.3) is 0 Å². The van der Waals surface area contributed by atoms with Crippen LogP contribution in [-0.2, 0) is 14.3 Å². The highest BCUT2D eigenvalue weighted by atomic mass is 19.1. The fraction of sp³-hybridized carbons (Fsp3) is 0.167. The van der Waals surface area contributed by atoms with Crippen molar-refractivity contribution in [2.45, 2.75) is 13.0 Å². The molecule has 0 heterocycles. The molecule has 26 heavy (non-hydrogen) atoms. The molecule has 0 saturated carbocycles. The second-order valence-electron chi connectivity index (χ2n) is 5.32. The summed E-state index contributed by atoms with van der Waals surface area (Å²) in [7, 11) is 0. The lowest BCUT2D eigenvalue weighted by molar-refractivity contribution is -0.152. The van der Waals surface area contributed by atoms with Crippen molar-refractivity contribution in [2.24, 2.45) is 0 Å². The Kier molecular flexibility index (Phi) is 6.37. The SMILES string of the molecule is C[C@@H](OC(=O)CNC(=O)c1cccc(F)c1)C(=O)Nc1ccc(F)cc1. The van der Waals surface area contributed by atoms with Gasteiger partial charge in [0.05, 0.1) is 0 Å². The van der Waals surface area contributed by atoms with Crippen LogP contribution in [0, 0.1) is 11.6 Å². The Morgan fingerprint density at radius 3 is 2.38 bits per heavy atom. The van der Waals surface area contributed by atoms with E-state index in [1.807, 2.05) is 0 Å². The summed E-state index contributed by atoms with van der Waals surface area (Å²) in [5.41, 5.74) is 0.401. The number of carbonyl (C=O) groups excluding carboxylic acids is 3. The van der Waals surface area contributed by atoms with Gasteiger partial charge in [-0.05, 0) is 49.4 Å². The highest BCUT2D eigenvalue weighted by Gasteiger charge is 2.18. The number of hydrogen-bond donors (Lipinski definition) is 2. The van der Waals surface area contributed by atoms with Gasteiger partial charge in [-0.2, -0.15) is 0 Å². The molecule has 0 aliphatic heterocycles. The van der Waals surface area contributed by atoms with Crippen molar-refractivity contribution in [1.29, 1.82) is 0 Å². The molecule has 0 bridgehead atoms. The minimum Gasteiger partial charge on any atom is -0.451 e. The Morgan fingerprint density at radius 2 is 1.73 bits per heavy atom. The van der Waals surface area contributed by atoms with Gasteiger partial charge in [-0.25, -0.2) is 8.78 Å². The largest absolute Gasteiger partial charge is 0.451 e. The lowest BCUT2D eigenvalue weighted by Gasteiger charge is -2.14. The van der Waals surface area contributed by atoms with Crippen LogP contribution in [0.5, 0.6) is 0 Å². The van der Waals surface area contributed by atoms with Crippen LogP contribution in [0.4, 0.5) is 14.5 Å². The van der Waals surface area contributed by atoms with Crippen LogP contribution in [0.2, 0.25) is 0 Å². The molecule has 136 valence electrons. The number of amides is 2. The molecule has 0 fully saturated rings. The summed E-state index contributed by atoms with van der Waals surface area (Å²) in [6.45, 7) is 0.870. The molecule has 2 N–H and O–H groups in total. The van der Waals surface area contributed by atoms with Gasteiger partial charge in [0.25, 0.3) is 11.8 Å². The molecule has 2 aromatic carbocycles. The van der Waals surface area contributed by atoms with Gasteiger partial charge in [0, 0.05) is 11.3 Å². The first-order valence-electron chi connectivity index (χ1n) is 7.65. The number of benzene rings is 2. The molecular formula is C18H16F2N2O4. The molecule has 6 nitrogen and oxygen atoms in total. The number of hydrogen-bond acceptors (Lipinski definition) is 4. The number of carbonyl (C=O) groups is 3. The quantitative estimate of drug-likeness (QED) is 0.772.